The summed E-state index contributed by atoms with van der Waals surface area (Å²) >= 11 is 8.75. The summed E-state index contributed by atoms with van der Waals surface area (Å²) in [7, 11) is 0. The van der Waals surface area contributed by atoms with Crippen molar-refractivity contribution >= 4 is 43.2 Å². The van der Waals surface area contributed by atoms with Gasteiger partial charge in [-0.05, 0) is 45.4 Å². The molecule has 0 spiro atoms. The second kappa shape index (κ2) is 5.43. The van der Waals surface area contributed by atoms with E-state index in [0.29, 0.717) is 6.42 Å². The molecule has 4 heteroatoms. The van der Waals surface area contributed by atoms with E-state index in [1.54, 1.807) is 17.4 Å². The first-order valence-electron chi connectivity index (χ1n) is 4.79. The van der Waals surface area contributed by atoms with Crippen LogP contribution in [0, 0.1) is 5.82 Å². The Bertz CT molecular complexity index is 481. The largest absolute Gasteiger partial charge is 0.207 e. The molecule has 0 nitrogen and oxygen atoms in total. The van der Waals surface area contributed by atoms with Crippen LogP contribution in [0.15, 0.2) is 40.2 Å². The van der Waals surface area contributed by atoms with Gasteiger partial charge in [-0.3, -0.25) is 0 Å². The molecule has 84 valence electrons. The van der Waals surface area contributed by atoms with Crippen LogP contribution in [0.5, 0.6) is 0 Å². The number of hydrogen-bond donors (Lipinski definition) is 0. The van der Waals surface area contributed by atoms with Gasteiger partial charge < -0.3 is 0 Å². The van der Waals surface area contributed by atoms with E-state index in [0.717, 1.165) is 10.0 Å². The first kappa shape index (κ1) is 12.3. The zero-order valence-corrected chi connectivity index (χ0v) is 12.3. The van der Waals surface area contributed by atoms with Gasteiger partial charge in [-0.1, -0.05) is 34.1 Å². The molecule has 16 heavy (non-hydrogen) atoms. The predicted octanol–water partition coefficient (Wildman–Crippen LogP) is 5.33. The van der Waals surface area contributed by atoms with Gasteiger partial charge in [0, 0.05) is 9.35 Å². The third-order valence-corrected chi connectivity index (χ3v) is 5.36. The molecular weight excluding hydrogens is 355 g/mol. The predicted molar refractivity (Wildman–Crippen MR) is 73.8 cm³/mol. The van der Waals surface area contributed by atoms with Crippen molar-refractivity contribution in [3.8, 4) is 0 Å². The van der Waals surface area contributed by atoms with Gasteiger partial charge in [-0.25, -0.2) is 4.39 Å². The highest BCUT2D eigenvalue weighted by Crippen LogP contribution is 2.36. The molecular formula is C12H9Br2FS. The maximum atomic E-state index is 13.5. The number of thiophene rings is 1. The Labute approximate surface area is 115 Å². The van der Waals surface area contributed by atoms with Crippen molar-refractivity contribution in [3.63, 3.8) is 0 Å². The molecule has 0 saturated heterocycles. The minimum absolute atomic E-state index is 0.139. The van der Waals surface area contributed by atoms with E-state index in [2.05, 4.69) is 31.9 Å². The number of halogens is 3. The van der Waals surface area contributed by atoms with Crippen molar-refractivity contribution < 1.29 is 4.39 Å². The summed E-state index contributed by atoms with van der Waals surface area (Å²) in [4.78, 5) is 1.35. The minimum atomic E-state index is -0.139. The summed E-state index contributed by atoms with van der Waals surface area (Å²) in [6.07, 6.45) is 0.659. The minimum Gasteiger partial charge on any atom is -0.207 e. The van der Waals surface area contributed by atoms with Crippen LogP contribution in [0.4, 0.5) is 4.39 Å². The molecule has 0 saturated carbocycles. The quantitative estimate of drug-likeness (QED) is 0.646. The van der Waals surface area contributed by atoms with Gasteiger partial charge in [0.15, 0.2) is 0 Å². The fourth-order valence-electron chi connectivity index (χ4n) is 1.48. The molecule has 1 heterocycles. The standard InChI is InChI=1S/C12H9Br2FS/c13-9-5-6-16-12(9)10(14)7-8-3-1-2-4-11(8)15/h1-6,10H,7H2. The third kappa shape index (κ3) is 2.73. The second-order valence-corrected chi connectivity index (χ2v) is 6.30. The Morgan fingerprint density at radius 3 is 2.62 bits per heavy atom. The normalized spacial score (nSPS) is 12.7. The summed E-state index contributed by atoms with van der Waals surface area (Å²) < 4.78 is 14.5. The number of benzene rings is 1. The second-order valence-electron chi connectivity index (χ2n) is 3.40. The van der Waals surface area contributed by atoms with Gasteiger partial charge in [-0.2, -0.15) is 0 Å². The van der Waals surface area contributed by atoms with E-state index in [1.807, 2.05) is 23.6 Å². The van der Waals surface area contributed by atoms with Crippen LogP contribution in [-0.2, 0) is 6.42 Å². The zero-order valence-electron chi connectivity index (χ0n) is 8.29. The highest BCUT2D eigenvalue weighted by molar-refractivity contribution is 9.11. The SMILES string of the molecule is Fc1ccccc1CC(Br)c1sccc1Br. The van der Waals surface area contributed by atoms with Crippen molar-refractivity contribution in [2.24, 2.45) is 0 Å². The van der Waals surface area contributed by atoms with Gasteiger partial charge in [-0.15, -0.1) is 11.3 Å². The van der Waals surface area contributed by atoms with E-state index in [-0.39, 0.29) is 10.6 Å². The molecule has 1 atom stereocenters. The zero-order chi connectivity index (χ0) is 11.5. The number of rotatable bonds is 3. The van der Waals surface area contributed by atoms with Crippen LogP contribution in [0.2, 0.25) is 0 Å². The van der Waals surface area contributed by atoms with Crippen molar-refractivity contribution in [1.29, 1.82) is 0 Å². The molecule has 0 amide bonds. The first-order valence-corrected chi connectivity index (χ1v) is 7.37. The number of alkyl halides is 1. The average Bonchev–Trinajstić information content (AvgIpc) is 2.68. The van der Waals surface area contributed by atoms with E-state index in [4.69, 9.17) is 0 Å². The van der Waals surface area contributed by atoms with Gasteiger partial charge in [0.25, 0.3) is 0 Å². The Balaban J connectivity index is 2.17. The smallest absolute Gasteiger partial charge is 0.126 e. The molecule has 0 N–H and O–H groups in total. The molecule has 0 aliphatic carbocycles. The van der Waals surface area contributed by atoms with Crippen LogP contribution < -0.4 is 0 Å². The highest BCUT2D eigenvalue weighted by atomic mass is 79.9. The third-order valence-electron chi connectivity index (χ3n) is 2.29. The maximum Gasteiger partial charge on any atom is 0.126 e. The van der Waals surface area contributed by atoms with E-state index in [1.165, 1.54) is 10.9 Å². The van der Waals surface area contributed by atoms with E-state index >= 15 is 0 Å². The summed E-state index contributed by atoms with van der Waals surface area (Å²) in [6, 6.07) is 8.91. The molecule has 0 aliphatic heterocycles. The first-order chi connectivity index (χ1) is 7.68. The van der Waals surface area contributed by atoms with Crippen LogP contribution in [-0.4, -0.2) is 0 Å². The van der Waals surface area contributed by atoms with Crippen LogP contribution in [0.25, 0.3) is 0 Å². The van der Waals surface area contributed by atoms with Crippen molar-refractivity contribution in [3.05, 3.63) is 56.4 Å². The molecule has 0 aliphatic rings. The van der Waals surface area contributed by atoms with Gasteiger partial charge in [0.1, 0.15) is 5.82 Å². The van der Waals surface area contributed by atoms with Crippen molar-refractivity contribution in [2.75, 3.05) is 0 Å². The lowest BCUT2D eigenvalue weighted by Crippen LogP contribution is -1.96. The summed E-state index contributed by atoms with van der Waals surface area (Å²) in [5.74, 6) is -0.139. The fourth-order valence-corrected chi connectivity index (χ4v) is 4.33. The van der Waals surface area contributed by atoms with E-state index < -0.39 is 0 Å². The maximum absolute atomic E-state index is 13.5. The fraction of sp³-hybridized carbons (Fsp3) is 0.167. The Morgan fingerprint density at radius 1 is 1.25 bits per heavy atom. The van der Waals surface area contributed by atoms with Gasteiger partial charge in [0.05, 0.1) is 4.83 Å². The molecule has 1 aromatic heterocycles. The Morgan fingerprint density at radius 2 is 2.00 bits per heavy atom. The molecule has 1 aromatic carbocycles. The molecule has 0 fully saturated rings. The Kier molecular flexibility index (Phi) is 4.16. The average molecular weight is 364 g/mol. The van der Waals surface area contributed by atoms with Gasteiger partial charge in [0.2, 0.25) is 0 Å². The highest BCUT2D eigenvalue weighted by Gasteiger charge is 2.14. The molecule has 1 unspecified atom stereocenters. The van der Waals surface area contributed by atoms with Crippen molar-refractivity contribution in [2.45, 2.75) is 11.2 Å². The lowest BCUT2D eigenvalue weighted by atomic mass is 10.1. The summed E-state index contributed by atoms with van der Waals surface area (Å²) in [5.41, 5.74) is 0.740. The van der Waals surface area contributed by atoms with Crippen LogP contribution in [0.1, 0.15) is 15.3 Å². The lowest BCUT2D eigenvalue weighted by Gasteiger charge is -2.09. The molecule has 2 rings (SSSR count). The van der Waals surface area contributed by atoms with Crippen LogP contribution >= 0.6 is 43.2 Å². The Hall–Kier alpha value is -0.190. The van der Waals surface area contributed by atoms with Crippen molar-refractivity contribution in [1.82, 2.24) is 0 Å². The number of hydrogen-bond acceptors (Lipinski definition) is 1. The summed E-state index contributed by atoms with van der Waals surface area (Å²) in [6.45, 7) is 0. The monoisotopic (exact) mass is 362 g/mol. The topological polar surface area (TPSA) is 0 Å². The molecule has 0 bridgehead atoms. The molecule has 2 aromatic rings. The van der Waals surface area contributed by atoms with Gasteiger partial charge >= 0.3 is 0 Å². The molecule has 0 radical (unpaired) electrons. The summed E-state index contributed by atoms with van der Waals surface area (Å²) in [5, 5.41) is 2.02. The van der Waals surface area contributed by atoms with E-state index in [9.17, 15) is 4.39 Å². The lowest BCUT2D eigenvalue weighted by molar-refractivity contribution is 0.608. The van der Waals surface area contributed by atoms with Crippen LogP contribution in [0.3, 0.4) is 0 Å².